The molecule has 0 fully saturated rings. The number of halogens is 1. The van der Waals surface area contributed by atoms with Crippen LogP contribution in [0.4, 0.5) is 10.1 Å². The predicted molar refractivity (Wildman–Crippen MR) is 78.6 cm³/mol. The summed E-state index contributed by atoms with van der Waals surface area (Å²) < 4.78 is 14.6. The van der Waals surface area contributed by atoms with E-state index in [0.29, 0.717) is 22.6 Å². The van der Waals surface area contributed by atoms with Crippen LogP contribution < -0.4 is 5.32 Å². The molecule has 3 rings (SSSR count). The Morgan fingerprint density at radius 1 is 1.32 bits per heavy atom. The van der Waals surface area contributed by atoms with E-state index in [1.165, 1.54) is 16.7 Å². The van der Waals surface area contributed by atoms with Crippen LogP contribution >= 0.6 is 0 Å². The number of benzene rings is 1. The molecule has 0 saturated carbocycles. The average molecular weight is 294 g/mol. The summed E-state index contributed by atoms with van der Waals surface area (Å²) in [5, 5.41) is 11.5. The van der Waals surface area contributed by atoms with Crippen molar-refractivity contribution >= 4 is 17.2 Å². The third-order valence-electron chi connectivity index (χ3n) is 3.08. The summed E-state index contributed by atoms with van der Waals surface area (Å²) in [5.74, 6) is -0.617. The summed E-state index contributed by atoms with van der Waals surface area (Å²) >= 11 is 0. The van der Waals surface area contributed by atoms with Crippen molar-refractivity contribution in [2.75, 3.05) is 5.32 Å². The van der Waals surface area contributed by atoms with Gasteiger partial charge >= 0.3 is 0 Å². The summed E-state index contributed by atoms with van der Waals surface area (Å²) in [5.41, 5.74) is 2.15. The summed E-state index contributed by atoms with van der Waals surface area (Å²) in [4.78, 5) is 16.3. The molecule has 0 atom stereocenters. The summed E-state index contributed by atoms with van der Waals surface area (Å²) in [6, 6.07) is 11.5. The van der Waals surface area contributed by atoms with E-state index in [4.69, 9.17) is 5.26 Å². The van der Waals surface area contributed by atoms with Crippen molar-refractivity contribution in [3.05, 3.63) is 65.9 Å². The van der Waals surface area contributed by atoms with Crippen molar-refractivity contribution in [3.8, 4) is 6.07 Å². The molecule has 1 amide bonds. The van der Waals surface area contributed by atoms with Gasteiger partial charge in [0.25, 0.3) is 0 Å². The van der Waals surface area contributed by atoms with E-state index in [1.807, 2.05) is 6.07 Å². The van der Waals surface area contributed by atoms with Crippen LogP contribution in [0.25, 0.3) is 5.65 Å². The molecule has 1 aromatic carbocycles. The van der Waals surface area contributed by atoms with Gasteiger partial charge in [0.1, 0.15) is 11.5 Å². The summed E-state index contributed by atoms with van der Waals surface area (Å²) in [6.45, 7) is 0. The minimum atomic E-state index is -0.366. The monoisotopic (exact) mass is 294 g/mol. The van der Waals surface area contributed by atoms with Crippen molar-refractivity contribution in [2.45, 2.75) is 6.42 Å². The average Bonchev–Trinajstić information content (AvgIpc) is 2.88. The maximum Gasteiger partial charge on any atom is 0.230 e. The highest BCUT2D eigenvalue weighted by Gasteiger charge is 2.09. The summed E-state index contributed by atoms with van der Waals surface area (Å²) in [7, 11) is 0. The molecule has 3 aromatic rings. The van der Waals surface area contributed by atoms with Crippen LogP contribution in [0.15, 0.2) is 48.8 Å². The van der Waals surface area contributed by atoms with Crippen LogP contribution in [0.5, 0.6) is 0 Å². The second-order valence-electron chi connectivity index (χ2n) is 4.76. The maximum absolute atomic E-state index is 13.1. The SMILES string of the molecule is N#Cc1cccc(NC(=O)Cc2cn3cc(F)ccc3n2)c1. The molecule has 0 aliphatic rings. The number of carbonyl (C=O) groups is 1. The molecule has 0 radical (unpaired) electrons. The lowest BCUT2D eigenvalue weighted by Gasteiger charge is -2.03. The van der Waals surface area contributed by atoms with Gasteiger partial charge in [0.05, 0.1) is 23.7 Å². The Labute approximate surface area is 125 Å². The van der Waals surface area contributed by atoms with Crippen LogP contribution in [-0.2, 0) is 11.2 Å². The fraction of sp³-hybridized carbons (Fsp3) is 0.0625. The number of nitrogens with zero attached hydrogens (tertiary/aromatic N) is 3. The molecule has 1 N–H and O–H groups in total. The highest BCUT2D eigenvalue weighted by Crippen LogP contribution is 2.11. The van der Waals surface area contributed by atoms with Gasteiger partial charge in [-0.15, -0.1) is 0 Å². The van der Waals surface area contributed by atoms with E-state index >= 15 is 0 Å². The molecule has 0 aliphatic heterocycles. The van der Waals surface area contributed by atoms with E-state index < -0.39 is 0 Å². The predicted octanol–water partition coefficient (Wildman–Crippen LogP) is 2.53. The quantitative estimate of drug-likeness (QED) is 0.807. The first kappa shape index (κ1) is 13.8. The van der Waals surface area contributed by atoms with Crippen LogP contribution in [0.2, 0.25) is 0 Å². The number of amides is 1. The molecule has 0 unspecified atom stereocenters. The molecule has 5 nitrogen and oxygen atoms in total. The molecule has 6 heteroatoms. The van der Waals surface area contributed by atoms with Gasteiger partial charge in [-0.25, -0.2) is 9.37 Å². The van der Waals surface area contributed by atoms with E-state index in [0.717, 1.165) is 0 Å². The molecule has 108 valence electrons. The molecule has 0 aliphatic carbocycles. The lowest BCUT2D eigenvalue weighted by atomic mass is 10.2. The lowest BCUT2D eigenvalue weighted by molar-refractivity contribution is -0.115. The first-order valence-corrected chi connectivity index (χ1v) is 6.57. The number of nitrogens with one attached hydrogen (secondary N) is 1. The van der Waals surface area contributed by atoms with E-state index in [1.54, 1.807) is 36.5 Å². The minimum Gasteiger partial charge on any atom is -0.326 e. The number of hydrogen-bond donors (Lipinski definition) is 1. The van der Waals surface area contributed by atoms with Crippen molar-refractivity contribution in [1.82, 2.24) is 9.38 Å². The zero-order valence-corrected chi connectivity index (χ0v) is 11.5. The zero-order valence-electron chi connectivity index (χ0n) is 11.5. The Balaban J connectivity index is 1.74. The molecule has 0 bridgehead atoms. The van der Waals surface area contributed by atoms with Gasteiger partial charge in [-0.2, -0.15) is 5.26 Å². The minimum absolute atomic E-state index is 0.0695. The third-order valence-corrected chi connectivity index (χ3v) is 3.08. The highest BCUT2D eigenvalue weighted by atomic mass is 19.1. The normalized spacial score (nSPS) is 10.4. The van der Waals surface area contributed by atoms with E-state index in [2.05, 4.69) is 10.3 Å². The molecule has 2 heterocycles. The lowest BCUT2D eigenvalue weighted by Crippen LogP contribution is -2.14. The van der Waals surface area contributed by atoms with Gasteiger partial charge in [0, 0.05) is 18.1 Å². The zero-order chi connectivity index (χ0) is 15.5. The Morgan fingerprint density at radius 2 is 2.18 bits per heavy atom. The fourth-order valence-electron chi connectivity index (χ4n) is 2.14. The first-order chi connectivity index (χ1) is 10.6. The number of carbonyl (C=O) groups excluding carboxylic acids is 1. The number of anilines is 1. The molecule has 22 heavy (non-hydrogen) atoms. The van der Waals surface area contributed by atoms with Gasteiger partial charge in [-0.1, -0.05) is 6.07 Å². The van der Waals surface area contributed by atoms with Crippen LogP contribution in [0.3, 0.4) is 0 Å². The van der Waals surface area contributed by atoms with E-state index in [9.17, 15) is 9.18 Å². The number of nitriles is 1. The van der Waals surface area contributed by atoms with Gasteiger partial charge in [-0.3, -0.25) is 4.79 Å². The number of imidazole rings is 1. The van der Waals surface area contributed by atoms with Crippen molar-refractivity contribution in [2.24, 2.45) is 0 Å². The van der Waals surface area contributed by atoms with Crippen LogP contribution in [0, 0.1) is 17.1 Å². The van der Waals surface area contributed by atoms with E-state index in [-0.39, 0.29) is 18.1 Å². The second kappa shape index (κ2) is 5.66. The Bertz CT molecular complexity index is 895. The number of pyridine rings is 1. The van der Waals surface area contributed by atoms with Gasteiger partial charge in [0.2, 0.25) is 5.91 Å². The second-order valence-corrected chi connectivity index (χ2v) is 4.76. The Morgan fingerprint density at radius 3 is 3.00 bits per heavy atom. The smallest absolute Gasteiger partial charge is 0.230 e. The van der Waals surface area contributed by atoms with Crippen LogP contribution in [-0.4, -0.2) is 15.3 Å². The van der Waals surface area contributed by atoms with Gasteiger partial charge in [-0.05, 0) is 30.3 Å². The fourth-order valence-corrected chi connectivity index (χ4v) is 2.14. The molecular weight excluding hydrogens is 283 g/mol. The van der Waals surface area contributed by atoms with Crippen molar-refractivity contribution in [1.29, 1.82) is 5.26 Å². The number of fused-ring (bicyclic) bond motifs is 1. The Hall–Kier alpha value is -3.20. The molecule has 2 aromatic heterocycles. The van der Waals surface area contributed by atoms with Crippen molar-refractivity contribution < 1.29 is 9.18 Å². The highest BCUT2D eigenvalue weighted by molar-refractivity contribution is 5.92. The summed E-state index contributed by atoms with van der Waals surface area (Å²) in [6.07, 6.45) is 2.99. The third kappa shape index (κ3) is 2.94. The molecular formula is C16H11FN4O. The first-order valence-electron chi connectivity index (χ1n) is 6.57. The standard InChI is InChI=1S/C16H11FN4O/c17-12-4-5-15-19-14(10-21(15)9-12)7-16(22)20-13-3-1-2-11(6-13)8-18/h1-6,9-10H,7H2,(H,20,22). The van der Waals surface area contributed by atoms with Gasteiger partial charge < -0.3 is 9.72 Å². The van der Waals surface area contributed by atoms with Crippen molar-refractivity contribution in [3.63, 3.8) is 0 Å². The maximum atomic E-state index is 13.1. The number of rotatable bonds is 3. The number of hydrogen-bond acceptors (Lipinski definition) is 3. The Kier molecular flexibility index (Phi) is 3.54. The molecule has 0 spiro atoms. The van der Waals surface area contributed by atoms with Gasteiger partial charge in [0.15, 0.2) is 0 Å². The topological polar surface area (TPSA) is 70.2 Å². The largest absolute Gasteiger partial charge is 0.326 e. The molecule has 0 saturated heterocycles. The number of aromatic nitrogens is 2. The van der Waals surface area contributed by atoms with Crippen LogP contribution in [0.1, 0.15) is 11.3 Å².